The monoisotopic (exact) mass is 258 g/mol. The third-order valence-corrected chi connectivity index (χ3v) is 3.58. The molecule has 0 saturated heterocycles. The first-order chi connectivity index (χ1) is 9.11. The highest BCUT2D eigenvalue weighted by atomic mass is 15.3. The lowest BCUT2D eigenvalue weighted by Gasteiger charge is -2.09. The standard InChI is InChI=1S/C15H22N4/c1-4-14(16)8-15-11(2)18-19(12(15)3)10-13-6-5-7-17-9-13/h5-7,9,14H,4,8,10,16H2,1-3H3. The van der Waals surface area contributed by atoms with Crippen LogP contribution in [0.1, 0.15) is 35.9 Å². The van der Waals surface area contributed by atoms with Crippen molar-refractivity contribution in [1.82, 2.24) is 14.8 Å². The van der Waals surface area contributed by atoms with E-state index in [9.17, 15) is 0 Å². The second-order valence-electron chi connectivity index (χ2n) is 5.04. The number of pyridine rings is 1. The summed E-state index contributed by atoms with van der Waals surface area (Å²) in [6.07, 6.45) is 5.57. The maximum atomic E-state index is 6.06. The van der Waals surface area contributed by atoms with Crippen LogP contribution in [-0.4, -0.2) is 20.8 Å². The topological polar surface area (TPSA) is 56.7 Å². The Morgan fingerprint density at radius 1 is 1.37 bits per heavy atom. The minimum absolute atomic E-state index is 0.216. The molecule has 0 fully saturated rings. The number of aryl methyl sites for hydroxylation is 1. The molecule has 0 radical (unpaired) electrons. The van der Waals surface area contributed by atoms with Crippen molar-refractivity contribution in [3.05, 3.63) is 47.0 Å². The quantitative estimate of drug-likeness (QED) is 0.894. The highest BCUT2D eigenvalue weighted by molar-refractivity contribution is 5.26. The van der Waals surface area contributed by atoms with Crippen LogP contribution in [-0.2, 0) is 13.0 Å². The number of nitrogens with zero attached hydrogens (tertiary/aromatic N) is 3. The zero-order valence-corrected chi connectivity index (χ0v) is 11.9. The van der Waals surface area contributed by atoms with Gasteiger partial charge in [-0.1, -0.05) is 13.0 Å². The smallest absolute Gasteiger partial charge is 0.0677 e. The largest absolute Gasteiger partial charge is 0.327 e. The molecule has 2 heterocycles. The van der Waals surface area contributed by atoms with Crippen LogP contribution in [0, 0.1) is 13.8 Å². The molecule has 4 nitrogen and oxygen atoms in total. The third kappa shape index (κ3) is 3.20. The van der Waals surface area contributed by atoms with Crippen LogP contribution in [0.15, 0.2) is 24.5 Å². The van der Waals surface area contributed by atoms with Crippen LogP contribution in [0.5, 0.6) is 0 Å². The molecule has 2 aromatic rings. The summed E-state index contributed by atoms with van der Waals surface area (Å²) in [6, 6.07) is 4.24. The van der Waals surface area contributed by atoms with Crippen LogP contribution < -0.4 is 5.73 Å². The fourth-order valence-corrected chi connectivity index (χ4v) is 2.25. The van der Waals surface area contributed by atoms with Crippen molar-refractivity contribution in [3.8, 4) is 0 Å². The van der Waals surface area contributed by atoms with Gasteiger partial charge in [0.25, 0.3) is 0 Å². The summed E-state index contributed by atoms with van der Waals surface area (Å²) < 4.78 is 2.05. The summed E-state index contributed by atoms with van der Waals surface area (Å²) >= 11 is 0. The highest BCUT2D eigenvalue weighted by Gasteiger charge is 2.14. The Labute approximate surface area is 114 Å². The Bertz CT molecular complexity index is 531. The van der Waals surface area contributed by atoms with Crippen molar-refractivity contribution in [2.24, 2.45) is 5.73 Å². The molecule has 4 heteroatoms. The maximum absolute atomic E-state index is 6.06. The van der Waals surface area contributed by atoms with E-state index < -0.39 is 0 Å². The predicted octanol–water partition coefficient (Wildman–Crippen LogP) is 2.22. The summed E-state index contributed by atoms with van der Waals surface area (Å²) in [5.74, 6) is 0. The number of aromatic nitrogens is 3. The van der Waals surface area contributed by atoms with Crippen LogP contribution in [0.3, 0.4) is 0 Å². The van der Waals surface area contributed by atoms with Crippen LogP contribution in [0.25, 0.3) is 0 Å². The Balaban J connectivity index is 2.21. The molecule has 0 amide bonds. The molecule has 2 rings (SSSR count). The molecule has 102 valence electrons. The normalized spacial score (nSPS) is 12.6. The fourth-order valence-electron chi connectivity index (χ4n) is 2.25. The van der Waals surface area contributed by atoms with Gasteiger partial charge < -0.3 is 5.73 Å². The number of nitrogens with two attached hydrogens (primary N) is 1. The highest BCUT2D eigenvalue weighted by Crippen LogP contribution is 2.16. The van der Waals surface area contributed by atoms with E-state index in [0.29, 0.717) is 0 Å². The molecule has 0 saturated carbocycles. The molecule has 2 N–H and O–H groups in total. The summed E-state index contributed by atoms with van der Waals surface area (Å²) in [7, 11) is 0. The van der Waals surface area contributed by atoms with Crippen molar-refractivity contribution in [2.45, 2.75) is 46.2 Å². The fraction of sp³-hybridized carbons (Fsp3) is 0.467. The van der Waals surface area contributed by atoms with E-state index in [1.165, 1.54) is 16.8 Å². The van der Waals surface area contributed by atoms with E-state index in [1.807, 2.05) is 16.9 Å². The van der Waals surface area contributed by atoms with E-state index >= 15 is 0 Å². The van der Waals surface area contributed by atoms with E-state index in [-0.39, 0.29) is 6.04 Å². The zero-order valence-electron chi connectivity index (χ0n) is 11.9. The van der Waals surface area contributed by atoms with Gasteiger partial charge >= 0.3 is 0 Å². The second-order valence-corrected chi connectivity index (χ2v) is 5.04. The van der Waals surface area contributed by atoms with Gasteiger partial charge in [0, 0.05) is 24.1 Å². The van der Waals surface area contributed by atoms with Gasteiger partial charge in [0.1, 0.15) is 0 Å². The van der Waals surface area contributed by atoms with Crippen molar-refractivity contribution in [2.75, 3.05) is 0 Å². The number of hydrogen-bond acceptors (Lipinski definition) is 3. The molecular weight excluding hydrogens is 236 g/mol. The van der Waals surface area contributed by atoms with Crippen molar-refractivity contribution < 1.29 is 0 Å². The SMILES string of the molecule is CCC(N)Cc1c(C)nn(Cc2cccnc2)c1C. The van der Waals surface area contributed by atoms with Gasteiger partial charge in [-0.15, -0.1) is 0 Å². The average molecular weight is 258 g/mol. The van der Waals surface area contributed by atoms with E-state index in [4.69, 9.17) is 5.73 Å². The second kappa shape index (κ2) is 5.97. The van der Waals surface area contributed by atoms with E-state index in [2.05, 4.69) is 36.9 Å². The molecule has 2 aromatic heterocycles. The average Bonchev–Trinajstić information content (AvgIpc) is 2.67. The Kier molecular flexibility index (Phi) is 4.32. The molecule has 0 aromatic carbocycles. The summed E-state index contributed by atoms with van der Waals surface area (Å²) in [5.41, 5.74) is 10.8. The van der Waals surface area contributed by atoms with Gasteiger partial charge in [-0.3, -0.25) is 9.67 Å². The van der Waals surface area contributed by atoms with Gasteiger partial charge in [-0.25, -0.2) is 0 Å². The van der Waals surface area contributed by atoms with Crippen molar-refractivity contribution in [3.63, 3.8) is 0 Å². The number of rotatable bonds is 5. The lowest BCUT2D eigenvalue weighted by atomic mass is 10.0. The van der Waals surface area contributed by atoms with Gasteiger partial charge in [-0.05, 0) is 43.9 Å². The molecule has 19 heavy (non-hydrogen) atoms. The van der Waals surface area contributed by atoms with Crippen molar-refractivity contribution >= 4 is 0 Å². The Morgan fingerprint density at radius 2 is 2.16 bits per heavy atom. The molecule has 0 aliphatic carbocycles. The number of hydrogen-bond donors (Lipinski definition) is 1. The van der Waals surface area contributed by atoms with Crippen molar-refractivity contribution in [1.29, 1.82) is 0 Å². The van der Waals surface area contributed by atoms with E-state index in [0.717, 1.165) is 25.1 Å². The van der Waals surface area contributed by atoms with E-state index in [1.54, 1.807) is 6.20 Å². The Hall–Kier alpha value is -1.68. The zero-order chi connectivity index (χ0) is 13.8. The molecule has 0 spiro atoms. The first kappa shape index (κ1) is 13.7. The minimum Gasteiger partial charge on any atom is -0.327 e. The van der Waals surface area contributed by atoms with Gasteiger partial charge in [0.15, 0.2) is 0 Å². The molecule has 1 atom stereocenters. The third-order valence-electron chi connectivity index (χ3n) is 3.58. The minimum atomic E-state index is 0.216. The lowest BCUT2D eigenvalue weighted by molar-refractivity contribution is 0.635. The van der Waals surface area contributed by atoms with Crippen LogP contribution in [0.4, 0.5) is 0 Å². The first-order valence-corrected chi connectivity index (χ1v) is 6.79. The maximum Gasteiger partial charge on any atom is 0.0677 e. The molecular formula is C15H22N4. The summed E-state index contributed by atoms with van der Waals surface area (Å²) in [6.45, 7) is 7.07. The molecule has 0 aliphatic heterocycles. The first-order valence-electron chi connectivity index (χ1n) is 6.79. The van der Waals surface area contributed by atoms with Gasteiger partial charge in [0.05, 0.1) is 12.2 Å². The summed E-state index contributed by atoms with van der Waals surface area (Å²) in [4.78, 5) is 4.14. The van der Waals surface area contributed by atoms with Crippen LogP contribution >= 0.6 is 0 Å². The van der Waals surface area contributed by atoms with Gasteiger partial charge in [0.2, 0.25) is 0 Å². The molecule has 0 aliphatic rings. The Morgan fingerprint density at radius 3 is 2.79 bits per heavy atom. The predicted molar refractivity (Wildman–Crippen MR) is 77.0 cm³/mol. The molecule has 1 unspecified atom stereocenters. The summed E-state index contributed by atoms with van der Waals surface area (Å²) in [5, 5.41) is 4.63. The lowest BCUT2D eigenvalue weighted by Crippen LogP contribution is -2.22. The van der Waals surface area contributed by atoms with Crippen LogP contribution in [0.2, 0.25) is 0 Å². The molecule has 0 bridgehead atoms. The van der Waals surface area contributed by atoms with Gasteiger partial charge in [-0.2, -0.15) is 5.10 Å².